The van der Waals surface area contributed by atoms with Crippen molar-refractivity contribution in [3.63, 3.8) is 0 Å². The third-order valence-electron chi connectivity index (χ3n) is 5.05. The van der Waals surface area contributed by atoms with Gasteiger partial charge in [-0.15, -0.1) is 0 Å². The SMILES string of the molecule is CCc1nn(CC)c(CC(NN)C2CCC(CC)C2)c1Br. The van der Waals surface area contributed by atoms with Gasteiger partial charge in [0.15, 0.2) is 0 Å². The van der Waals surface area contributed by atoms with E-state index in [0.717, 1.165) is 31.0 Å². The van der Waals surface area contributed by atoms with Crippen LogP contribution in [0.3, 0.4) is 0 Å². The zero-order valence-corrected chi connectivity index (χ0v) is 15.1. The van der Waals surface area contributed by atoms with Gasteiger partial charge in [0, 0.05) is 19.0 Å². The molecule has 0 aliphatic heterocycles. The van der Waals surface area contributed by atoms with E-state index in [9.17, 15) is 0 Å². The van der Waals surface area contributed by atoms with Crippen LogP contribution in [0.1, 0.15) is 57.8 Å². The number of aryl methyl sites for hydroxylation is 2. The van der Waals surface area contributed by atoms with Gasteiger partial charge in [-0.3, -0.25) is 16.0 Å². The number of hydrazine groups is 1. The van der Waals surface area contributed by atoms with Crippen LogP contribution < -0.4 is 11.3 Å². The minimum Gasteiger partial charge on any atom is -0.271 e. The first kappa shape index (κ1) is 17.0. The summed E-state index contributed by atoms with van der Waals surface area (Å²) in [6.45, 7) is 7.51. The van der Waals surface area contributed by atoms with E-state index in [1.54, 1.807) is 0 Å². The van der Waals surface area contributed by atoms with Gasteiger partial charge in [-0.1, -0.05) is 26.7 Å². The summed E-state index contributed by atoms with van der Waals surface area (Å²) in [5.41, 5.74) is 5.52. The van der Waals surface area contributed by atoms with Crippen LogP contribution in [0.15, 0.2) is 4.47 Å². The fourth-order valence-corrected chi connectivity index (χ4v) is 4.36. The molecular formula is C16H29BrN4. The first-order chi connectivity index (χ1) is 10.1. The van der Waals surface area contributed by atoms with Crippen LogP contribution in [0.2, 0.25) is 0 Å². The molecule has 0 saturated heterocycles. The standard InChI is InChI=1S/C16H29BrN4/c1-4-11-7-8-12(9-11)14(19-18)10-15-16(17)13(5-2)20-21(15)6-3/h11-12,14,19H,4-10,18H2,1-3H3. The van der Waals surface area contributed by atoms with Crippen molar-refractivity contribution in [1.82, 2.24) is 15.2 Å². The molecule has 0 radical (unpaired) electrons. The number of nitrogens with one attached hydrogen (secondary N) is 1. The Hall–Kier alpha value is -0.390. The summed E-state index contributed by atoms with van der Waals surface area (Å²) in [6, 6.07) is 0.351. The lowest BCUT2D eigenvalue weighted by molar-refractivity contribution is 0.341. The highest BCUT2D eigenvalue weighted by atomic mass is 79.9. The Morgan fingerprint density at radius 3 is 2.67 bits per heavy atom. The average molecular weight is 357 g/mol. The summed E-state index contributed by atoms with van der Waals surface area (Å²) >= 11 is 3.74. The lowest BCUT2D eigenvalue weighted by Crippen LogP contribution is -2.42. The molecule has 0 amide bonds. The minimum absolute atomic E-state index is 0.351. The van der Waals surface area contributed by atoms with E-state index in [2.05, 4.69) is 46.8 Å². The van der Waals surface area contributed by atoms with Crippen LogP contribution in [0.4, 0.5) is 0 Å². The number of nitrogens with two attached hydrogens (primary N) is 1. The summed E-state index contributed by atoms with van der Waals surface area (Å²) in [5, 5.41) is 4.69. The molecule has 0 aromatic carbocycles. The van der Waals surface area contributed by atoms with E-state index >= 15 is 0 Å². The predicted molar refractivity (Wildman–Crippen MR) is 90.9 cm³/mol. The molecule has 1 saturated carbocycles. The molecule has 3 atom stereocenters. The molecule has 3 unspecified atom stereocenters. The van der Waals surface area contributed by atoms with E-state index in [1.807, 2.05) is 0 Å². The highest BCUT2D eigenvalue weighted by Gasteiger charge is 2.31. The number of nitrogens with zero attached hydrogens (tertiary/aromatic N) is 2. The van der Waals surface area contributed by atoms with E-state index in [1.165, 1.54) is 35.8 Å². The number of hydrogen-bond donors (Lipinski definition) is 2. The first-order valence-corrected chi connectivity index (χ1v) is 9.13. The fourth-order valence-electron chi connectivity index (χ4n) is 3.63. The number of hydrogen-bond acceptors (Lipinski definition) is 3. The Balaban J connectivity index is 2.13. The van der Waals surface area contributed by atoms with Gasteiger partial charge in [-0.25, -0.2) is 0 Å². The Morgan fingerprint density at radius 1 is 1.38 bits per heavy atom. The van der Waals surface area contributed by atoms with E-state index < -0.39 is 0 Å². The fraction of sp³-hybridized carbons (Fsp3) is 0.812. The second-order valence-corrected chi connectivity index (χ2v) is 6.99. The molecule has 0 spiro atoms. The van der Waals surface area contributed by atoms with Gasteiger partial charge in [0.25, 0.3) is 0 Å². The van der Waals surface area contributed by atoms with Crippen molar-refractivity contribution in [2.75, 3.05) is 0 Å². The molecule has 4 nitrogen and oxygen atoms in total. The van der Waals surface area contributed by atoms with Gasteiger partial charge >= 0.3 is 0 Å². The predicted octanol–water partition coefficient (Wildman–Crippen LogP) is 3.43. The molecule has 1 aromatic rings. The summed E-state index contributed by atoms with van der Waals surface area (Å²) in [6.07, 6.45) is 7.18. The van der Waals surface area contributed by atoms with Crippen LogP contribution in [0.25, 0.3) is 0 Å². The normalized spacial score (nSPS) is 23.7. The highest BCUT2D eigenvalue weighted by molar-refractivity contribution is 9.10. The Morgan fingerprint density at radius 2 is 2.14 bits per heavy atom. The molecule has 1 heterocycles. The third kappa shape index (κ3) is 3.69. The largest absolute Gasteiger partial charge is 0.271 e. The highest BCUT2D eigenvalue weighted by Crippen LogP contribution is 2.36. The van der Waals surface area contributed by atoms with Gasteiger partial charge in [0.2, 0.25) is 0 Å². The smallest absolute Gasteiger partial charge is 0.0766 e. The molecular weight excluding hydrogens is 328 g/mol. The van der Waals surface area contributed by atoms with Gasteiger partial charge in [-0.05, 0) is 54.0 Å². The van der Waals surface area contributed by atoms with Gasteiger partial charge in [0.05, 0.1) is 15.9 Å². The van der Waals surface area contributed by atoms with Crippen molar-refractivity contribution in [1.29, 1.82) is 0 Å². The van der Waals surface area contributed by atoms with Crippen LogP contribution in [-0.4, -0.2) is 15.8 Å². The maximum atomic E-state index is 5.87. The summed E-state index contributed by atoms with van der Waals surface area (Å²) in [7, 11) is 0. The summed E-state index contributed by atoms with van der Waals surface area (Å²) < 4.78 is 3.30. The van der Waals surface area contributed by atoms with E-state index in [0.29, 0.717) is 12.0 Å². The number of halogens is 1. The van der Waals surface area contributed by atoms with E-state index in [4.69, 9.17) is 10.9 Å². The first-order valence-electron chi connectivity index (χ1n) is 8.34. The van der Waals surface area contributed by atoms with Crippen LogP contribution in [-0.2, 0) is 19.4 Å². The van der Waals surface area contributed by atoms with Crippen molar-refractivity contribution in [2.24, 2.45) is 17.7 Å². The van der Waals surface area contributed by atoms with Crippen molar-refractivity contribution < 1.29 is 0 Å². The molecule has 21 heavy (non-hydrogen) atoms. The number of aromatic nitrogens is 2. The molecule has 3 N–H and O–H groups in total. The van der Waals surface area contributed by atoms with Crippen LogP contribution >= 0.6 is 15.9 Å². The minimum atomic E-state index is 0.351. The molecule has 2 rings (SSSR count). The maximum absolute atomic E-state index is 5.87. The second kappa shape index (κ2) is 7.75. The Bertz CT molecular complexity index is 457. The van der Waals surface area contributed by atoms with Crippen molar-refractivity contribution in [2.45, 2.75) is 71.9 Å². The van der Waals surface area contributed by atoms with Crippen molar-refractivity contribution >= 4 is 15.9 Å². The lowest BCUT2D eigenvalue weighted by atomic mass is 9.93. The topological polar surface area (TPSA) is 55.9 Å². The quantitative estimate of drug-likeness (QED) is 0.581. The zero-order valence-electron chi connectivity index (χ0n) is 13.5. The Labute approximate surface area is 137 Å². The summed E-state index contributed by atoms with van der Waals surface area (Å²) in [5.74, 6) is 7.45. The molecule has 1 aromatic heterocycles. The molecule has 1 aliphatic rings. The molecule has 0 bridgehead atoms. The maximum Gasteiger partial charge on any atom is 0.0766 e. The molecule has 120 valence electrons. The van der Waals surface area contributed by atoms with E-state index in [-0.39, 0.29) is 0 Å². The molecule has 1 aliphatic carbocycles. The van der Waals surface area contributed by atoms with Crippen molar-refractivity contribution in [3.8, 4) is 0 Å². The summed E-state index contributed by atoms with van der Waals surface area (Å²) in [4.78, 5) is 0. The lowest BCUT2D eigenvalue weighted by Gasteiger charge is -2.23. The van der Waals surface area contributed by atoms with Gasteiger partial charge in [0.1, 0.15) is 0 Å². The zero-order chi connectivity index (χ0) is 15.4. The van der Waals surface area contributed by atoms with Crippen LogP contribution in [0, 0.1) is 11.8 Å². The number of rotatable bonds is 7. The average Bonchev–Trinajstić information content (AvgIpc) is 3.09. The Kier molecular flexibility index (Phi) is 6.26. The molecule has 5 heteroatoms. The third-order valence-corrected chi connectivity index (χ3v) is 5.97. The van der Waals surface area contributed by atoms with Gasteiger partial charge < -0.3 is 0 Å². The van der Waals surface area contributed by atoms with Gasteiger partial charge in [-0.2, -0.15) is 5.10 Å². The second-order valence-electron chi connectivity index (χ2n) is 6.20. The van der Waals surface area contributed by atoms with Crippen LogP contribution in [0.5, 0.6) is 0 Å². The van der Waals surface area contributed by atoms with Crippen molar-refractivity contribution in [3.05, 3.63) is 15.9 Å². The molecule has 1 fully saturated rings. The monoisotopic (exact) mass is 356 g/mol.